The summed E-state index contributed by atoms with van der Waals surface area (Å²) in [5, 5.41) is 5.53. The van der Waals surface area contributed by atoms with Gasteiger partial charge >= 0.3 is 0 Å². The number of amides is 2. The van der Waals surface area contributed by atoms with Crippen LogP contribution in [0.5, 0.6) is 11.5 Å². The lowest BCUT2D eigenvalue weighted by Gasteiger charge is -2.21. The second kappa shape index (κ2) is 7.91. The zero-order valence-corrected chi connectivity index (χ0v) is 14.9. The van der Waals surface area contributed by atoms with Gasteiger partial charge in [-0.3, -0.25) is 9.59 Å². The van der Waals surface area contributed by atoms with E-state index in [1.54, 1.807) is 12.1 Å². The van der Waals surface area contributed by atoms with Gasteiger partial charge in [-0.1, -0.05) is 24.3 Å². The van der Waals surface area contributed by atoms with E-state index < -0.39 is 0 Å². The van der Waals surface area contributed by atoms with Crippen molar-refractivity contribution in [2.45, 2.75) is 19.9 Å². The Morgan fingerprint density at radius 1 is 1.08 bits per heavy atom. The minimum Gasteiger partial charge on any atom is -0.486 e. The molecule has 2 N–H and O–H groups in total. The van der Waals surface area contributed by atoms with Crippen LogP contribution in [0.2, 0.25) is 0 Å². The van der Waals surface area contributed by atoms with Crippen molar-refractivity contribution in [1.82, 2.24) is 10.6 Å². The molecular weight excluding hydrogens is 332 g/mol. The van der Waals surface area contributed by atoms with Crippen molar-refractivity contribution in [2.24, 2.45) is 0 Å². The predicted molar refractivity (Wildman–Crippen MR) is 97.5 cm³/mol. The Morgan fingerprint density at radius 2 is 1.81 bits per heavy atom. The van der Waals surface area contributed by atoms with E-state index in [9.17, 15) is 9.59 Å². The van der Waals surface area contributed by atoms with E-state index in [1.165, 1.54) is 0 Å². The van der Waals surface area contributed by atoms with Gasteiger partial charge in [0.2, 0.25) is 5.91 Å². The summed E-state index contributed by atoms with van der Waals surface area (Å²) in [6.07, 6.45) is 0. The molecule has 6 heteroatoms. The van der Waals surface area contributed by atoms with Crippen molar-refractivity contribution in [3.05, 3.63) is 59.2 Å². The average Bonchev–Trinajstić information content (AvgIpc) is 2.66. The molecule has 0 aromatic heterocycles. The highest BCUT2D eigenvalue weighted by atomic mass is 16.6. The Bertz CT molecular complexity index is 819. The zero-order chi connectivity index (χ0) is 18.5. The molecule has 1 aliphatic heterocycles. The Hall–Kier alpha value is -3.02. The van der Waals surface area contributed by atoms with E-state index in [1.807, 2.05) is 44.2 Å². The van der Waals surface area contributed by atoms with Crippen LogP contribution < -0.4 is 20.1 Å². The number of rotatable bonds is 5. The summed E-state index contributed by atoms with van der Waals surface area (Å²) in [4.78, 5) is 24.3. The number of fused-ring (bicyclic) bond motifs is 1. The molecule has 3 rings (SSSR count). The Morgan fingerprint density at radius 3 is 2.58 bits per heavy atom. The van der Waals surface area contributed by atoms with Gasteiger partial charge in [-0.15, -0.1) is 0 Å². The van der Waals surface area contributed by atoms with Crippen molar-refractivity contribution >= 4 is 11.8 Å². The molecule has 26 heavy (non-hydrogen) atoms. The summed E-state index contributed by atoms with van der Waals surface area (Å²) in [5.74, 6) is 0.881. The van der Waals surface area contributed by atoms with Crippen LogP contribution in [0.15, 0.2) is 42.5 Å². The van der Waals surface area contributed by atoms with Crippen molar-refractivity contribution in [3.8, 4) is 11.5 Å². The summed E-state index contributed by atoms with van der Waals surface area (Å²) in [6, 6.07) is 12.6. The van der Waals surface area contributed by atoms with Gasteiger partial charge in [0, 0.05) is 5.56 Å². The maximum absolute atomic E-state index is 12.2. The molecule has 0 bridgehead atoms. The molecule has 0 saturated carbocycles. The van der Waals surface area contributed by atoms with E-state index in [4.69, 9.17) is 9.47 Å². The fourth-order valence-electron chi connectivity index (χ4n) is 2.79. The molecule has 0 fully saturated rings. The van der Waals surface area contributed by atoms with E-state index in [2.05, 4.69) is 10.6 Å². The molecule has 1 atom stereocenters. The fraction of sp³-hybridized carbons (Fsp3) is 0.300. The van der Waals surface area contributed by atoms with Gasteiger partial charge in [0.1, 0.15) is 13.2 Å². The monoisotopic (exact) mass is 354 g/mol. The molecule has 0 spiro atoms. The maximum Gasteiger partial charge on any atom is 0.251 e. The summed E-state index contributed by atoms with van der Waals surface area (Å²) in [5.41, 5.74) is 2.35. The number of benzene rings is 2. The van der Waals surface area contributed by atoms with Crippen LogP contribution in [-0.4, -0.2) is 31.6 Å². The van der Waals surface area contributed by atoms with E-state index in [-0.39, 0.29) is 24.4 Å². The quantitative estimate of drug-likeness (QED) is 0.864. The summed E-state index contributed by atoms with van der Waals surface area (Å²) < 4.78 is 11.1. The van der Waals surface area contributed by atoms with Crippen LogP contribution in [0, 0.1) is 6.92 Å². The lowest BCUT2D eigenvalue weighted by molar-refractivity contribution is -0.120. The first-order valence-electron chi connectivity index (χ1n) is 8.57. The second-order valence-electron chi connectivity index (χ2n) is 6.19. The van der Waals surface area contributed by atoms with Crippen molar-refractivity contribution in [1.29, 1.82) is 0 Å². The largest absolute Gasteiger partial charge is 0.486 e. The van der Waals surface area contributed by atoms with Gasteiger partial charge < -0.3 is 20.1 Å². The first-order valence-corrected chi connectivity index (χ1v) is 8.57. The summed E-state index contributed by atoms with van der Waals surface area (Å²) in [6.45, 7) is 4.72. The van der Waals surface area contributed by atoms with Gasteiger partial charge in [-0.05, 0) is 43.2 Å². The number of ether oxygens (including phenoxy) is 2. The predicted octanol–water partition coefficient (Wildman–Crippen LogP) is 2.37. The topological polar surface area (TPSA) is 76.7 Å². The lowest BCUT2D eigenvalue weighted by atomic mass is 10.1. The van der Waals surface area contributed by atoms with Gasteiger partial charge in [0.15, 0.2) is 11.5 Å². The fourth-order valence-corrected chi connectivity index (χ4v) is 2.79. The smallest absolute Gasteiger partial charge is 0.251 e. The lowest BCUT2D eigenvalue weighted by Crippen LogP contribution is -2.38. The molecule has 136 valence electrons. The van der Waals surface area contributed by atoms with E-state index in [0.29, 0.717) is 30.3 Å². The molecule has 1 aliphatic rings. The molecule has 2 aromatic carbocycles. The van der Waals surface area contributed by atoms with Crippen LogP contribution in [0.1, 0.15) is 34.5 Å². The third-order valence-corrected chi connectivity index (χ3v) is 4.24. The SMILES string of the molecule is Cc1ccccc1C(=O)NCC(=O)N[C@@H](C)c1ccc2c(c1)OCCO2. The number of hydrogen-bond donors (Lipinski definition) is 2. The third kappa shape index (κ3) is 4.14. The molecule has 6 nitrogen and oxygen atoms in total. The second-order valence-corrected chi connectivity index (χ2v) is 6.19. The van der Waals surface area contributed by atoms with Crippen LogP contribution in [-0.2, 0) is 4.79 Å². The maximum atomic E-state index is 12.2. The molecule has 0 aliphatic carbocycles. The Kier molecular flexibility index (Phi) is 5.41. The normalized spacial score (nSPS) is 13.6. The number of hydrogen-bond acceptors (Lipinski definition) is 4. The van der Waals surface area contributed by atoms with E-state index in [0.717, 1.165) is 11.1 Å². The third-order valence-electron chi connectivity index (χ3n) is 4.24. The molecule has 0 unspecified atom stereocenters. The van der Waals surface area contributed by atoms with Crippen molar-refractivity contribution < 1.29 is 19.1 Å². The molecule has 0 radical (unpaired) electrons. The van der Waals surface area contributed by atoms with E-state index >= 15 is 0 Å². The Balaban J connectivity index is 1.54. The Labute approximate surface area is 152 Å². The van der Waals surface area contributed by atoms with Gasteiger partial charge in [-0.25, -0.2) is 0 Å². The average molecular weight is 354 g/mol. The standard InChI is InChI=1S/C20H22N2O4/c1-13-5-3-4-6-16(13)20(24)21-12-19(23)22-14(2)15-7-8-17-18(11-15)26-10-9-25-17/h3-8,11,14H,9-10,12H2,1-2H3,(H,21,24)(H,22,23)/t14-/m0/s1. The molecule has 2 aromatic rings. The van der Waals surface area contributed by atoms with Crippen LogP contribution >= 0.6 is 0 Å². The van der Waals surface area contributed by atoms with Gasteiger partial charge in [0.05, 0.1) is 12.6 Å². The van der Waals surface area contributed by atoms with Crippen molar-refractivity contribution in [3.63, 3.8) is 0 Å². The highest BCUT2D eigenvalue weighted by Gasteiger charge is 2.16. The highest BCUT2D eigenvalue weighted by Crippen LogP contribution is 2.32. The molecule has 1 heterocycles. The number of aryl methyl sites for hydroxylation is 1. The zero-order valence-electron chi connectivity index (χ0n) is 14.9. The number of carbonyl (C=O) groups is 2. The van der Waals surface area contributed by atoms with Crippen molar-refractivity contribution in [2.75, 3.05) is 19.8 Å². The highest BCUT2D eigenvalue weighted by molar-refractivity contribution is 5.97. The molecular formula is C20H22N2O4. The molecule has 2 amide bonds. The number of nitrogens with one attached hydrogen (secondary N) is 2. The van der Waals surface area contributed by atoms with Crippen LogP contribution in [0.3, 0.4) is 0 Å². The minimum absolute atomic E-state index is 0.0813. The first kappa shape index (κ1) is 17.8. The van der Waals surface area contributed by atoms with Crippen LogP contribution in [0.25, 0.3) is 0 Å². The van der Waals surface area contributed by atoms with Gasteiger partial charge in [0.25, 0.3) is 5.91 Å². The number of carbonyl (C=O) groups excluding carboxylic acids is 2. The first-order chi connectivity index (χ1) is 12.5. The summed E-state index contributed by atoms with van der Waals surface area (Å²) in [7, 11) is 0. The van der Waals surface area contributed by atoms with Crippen LogP contribution in [0.4, 0.5) is 0 Å². The molecule has 0 saturated heterocycles. The van der Waals surface area contributed by atoms with Gasteiger partial charge in [-0.2, -0.15) is 0 Å². The summed E-state index contributed by atoms with van der Waals surface area (Å²) >= 11 is 0. The minimum atomic E-state index is -0.259.